The van der Waals surface area contributed by atoms with Crippen molar-refractivity contribution >= 4 is 5.91 Å². The molecule has 1 amide bonds. The summed E-state index contributed by atoms with van der Waals surface area (Å²) in [6.07, 6.45) is -4.60. The first kappa shape index (κ1) is 21.7. The lowest BCUT2D eigenvalue weighted by molar-refractivity contribution is -0.122. The molecule has 2 aromatic rings. The third kappa shape index (κ3) is 4.94. The highest BCUT2D eigenvalue weighted by atomic mass is 16.6. The Labute approximate surface area is 170 Å². The van der Waals surface area contributed by atoms with Crippen molar-refractivity contribution in [3.8, 4) is 5.75 Å². The summed E-state index contributed by atoms with van der Waals surface area (Å²) in [5, 5.41) is 42.3. The number of benzene rings is 1. The first-order valence-corrected chi connectivity index (χ1v) is 9.33. The van der Waals surface area contributed by atoms with E-state index in [0.717, 1.165) is 16.8 Å². The highest BCUT2D eigenvalue weighted by Gasteiger charge is 2.44. The molecule has 1 aliphatic heterocycles. The number of hydrogen-bond acceptors (Lipinski definition) is 8. The Morgan fingerprint density at radius 2 is 1.87 bits per heavy atom. The maximum atomic E-state index is 12.1. The molecule has 0 spiro atoms. The Balaban J connectivity index is 1.51. The number of aliphatic hydroxyl groups excluding tert-OH is 3. The van der Waals surface area contributed by atoms with Crippen molar-refractivity contribution in [2.24, 2.45) is 0 Å². The molecule has 3 rings (SSSR count). The summed E-state index contributed by atoms with van der Waals surface area (Å²) in [6, 6.07) is 7.07. The van der Waals surface area contributed by atoms with Gasteiger partial charge < -0.3 is 30.5 Å². The van der Waals surface area contributed by atoms with Crippen molar-refractivity contribution in [3.63, 3.8) is 0 Å². The number of carbonyl (C=O) groups is 1. The fourth-order valence-corrected chi connectivity index (χ4v) is 3.19. The van der Waals surface area contributed by atoms with Gasteiger partial charge in [0.2, 0.25) is 5.91 Å². The Kier molecular flexibility index (Phi) is 6.67. The highest BCUT2D eigenvalue weighted by Crippen LogP contribution is 2.28. The molecule has 30 heavy (non-hydrogen) atoms. The molecule has 2 heterocycles. The van der Waals surface area contributed by atoms with Gasteiger partial charge >= 0.3 is 5.69 Å². The van der Waals surface area contributed by atoms with Crippen LogP contribution in [0.25, 0.3) is 0 Å². The zero-order valence-corrected chi connectivity index (χ0v) is 15.8. The third-order valence-corrected chi connectivity index (χ3v) is 4.89. The van der Waals surface area contributed by atoms with E-state index in [-0.39, 0.29) is 25.1 Å². The molecule has 1 aromatic heterocycles. The van der Waals surface area contributed by atoms with Gasteiger partial charge in [0.15, 0.2) is 6.23 Å². The van der Waals surface area contributed by atoms with E-state index in [0.29, 0.717) is 5.56 Å². The van der Waals surface area contributed by atoms with Gasteiger partial charge in [0, 0.05) is 25.2 Å². The summed E-state index contributed by atoms with van der Waals surface area (Å²) in [5.74, 6) is -0.328. The summed E-state index contributed by atoms with van der Waals surface area (Å²) in [6.45, 7) is -0.124. The van der Waals surface area contributed by atoms with E-state index in [9.17, 15) is 34.8 Å². The number of amides is 1. The first-order chi connectivity index (χ1) is 14.3. The molecule has 1 unspecified atom stereocenters. The fraction of sp³-hybridized carbons (Fsp3) is 0.421. The second-order valence-corrected chi connectivity index (χ2v) is 7.01. The van der Waals surface area contributed by atoms with E-state index in [4.69, 9.17) is 4.74 Å². The van der Waals surface area contributed by atoms with E-state index in [1.165, 1.54) is 12.1 Å². The van der Waals surface area contributed by atoms with E-state index in [1.54, 1.807) is 12.1 Å². The van der Waals surface area contributed by atoms with Crippen molar-refractivity contribution in [2.45, 2.75) is 43.5 Å². The number of aromatic amines is 1. The maximum Gasteiger partial charge on any atom is 0.330 e. The monoisotopic (exact) mass is 421 g/mol. The topological polar surface area (TPSA) is 174 Å². The number of nitrogens with one attached hydrogen (secondary N) is 2. The van der Waals surface area contributed by atoms with Crippen LogP contribution < -0.4 is 16.6 Å². The van der Waals surface area contributed by atoms with Crippen molar-refractivity contribution in [1.29, 1.82) is 0 Å². The Hall–Kier alpha value is -2.99. The van der Waals surface area contributed by atoms with Crippen molar-refractivity contribution in [2.75, 3.05) is 6.54 Å². The van der Waals surface area contributed by atoms with Gasteiger partial charge in [-0.05, 0) is 24.1 Å². The Morgan fingerprint density at radius 1 is 1.17 bits per heavy atom. The van der Waals surface area contributed by atoms with Gasteiger partial charge in [-0.3, -0.25) is 19.1 Å². The van der Waals surface area contributed by atoms with Crippen LogP contribution in [0, 0.1) is 0 Å². The van der Waals surface area contributed by atoms with Crippen LogP contribution in [0.1, 0.15) is 30.7 Å². The molecule has 0 bridgehead atoms. The quantitative estimate of drug-likeness (QED) is 0.313. The zero-order chi connectivity index (χ0) is 21.8. The van der Waals surface area contributed by atoms with Gasteiger partial charge in [0.1, 0.15) is 24.1 Å². The molecular weight excluding hydrogens is 398 g/mol. The van der Waals surface area contributed by atoms with Crippen molar-refractivity contribution in [1.82, 2.24) is 14.9 Å². The smallest absolute Gasteiger partial charge is 0.330 e. The number of carbonyl (C=O) groups excluding carboxylic acids is 1. The standard InChI is InChI=1S/C19H23N3O8/c23-11-3-1-10(2-4-11)12(24)5-6-14(25)20-9-13-16(27)17(28)18(30-13)22-8-7-15(26)21-19(22)29/h1-4,7-8,12-13,16-18,23-24,27-28H,5-6,9H2,(H,20,25)(H,21,26,29)/t12?,13-,16-,17-,18-/m1/s1. The molecule has 162 valence electrons. The number of phenolic OH excluding ortho intramolecular Hbond substituents is 1. The zero-order valence-electron chi connectivity index (χ0n) is 15.8. The number of aliphatic hydroxyl groups is 3. The van der Waals surface area contributed by atoms with Gasteiger partial charge in [-0.15, -0.1) is 0 Å². The molecule has 11 heteroatoms. The maximum absolute atomic E-state index is 12.1. The number of aromatic hydroxyl groups is 1. The largest absolute Gasteiger partial charge is 0.508 e. The molecule has 1 aromatic carbocycles. The van der Waals surface area contributed by atoms with Crippen LogP contribution in [-0.2, 0) is 9.53 Å². The van der Waals surface area contributed by atoms with E-state index >= 15 is 0 Å². The second kappa shape index (κ2) is 9.22. The fourth-order valence-electron chi connectivity index (χ4n) is 3.19. The van der Waals surface area contributed by atoms with Crippen LogP contribution >= 0.6 is 0 Å². The molecule has 6 N–H and O–H groups in total. The van der Waals surface area contributed by atoms with Crippen LogP contribution in [0.2, 0.25) is 0 Å². The minimum atomic E-state index is -1.44. The number of aromatic nitrogens is 2. The number of ether oxygens (including phenoxy) is 1. The van der Waals surface area contributed by atoms with E-state index < -0.39 is 47.8 Å². The molecule has 0 saturated carbocycles. The molecule has 1 aliphatic rings. The predicted octanol–water partition coefficient (Wildman–Crippen LogP) is -1.51. The SMILES string of the molecule is O=C(CCC(O)c1ccc(O)cc1)NC[C@H]1O[C@@H](n2ccc(=O)[nH]c2=O)[C@H](O)[C@@H]1O. The minimum Gasteiger partial charge on any atom is -0.508 e. The van der Waals surface area contributed by atoms with E-state index in [2.05, 4.69) is 5.32 Å². The van der Waals surface area contributed by atoms with Gasteiger partial charge in [-0.25, -0.2) is 4.79 Å². The lowest BCUT2D eigenvalue weighted by Gasteiger charge is -2.17. The minimum absolute atomic E-state index is 0.00375. The number of hydrogen-bond donors (Lipinski definition) is 6. The molecular formula is C19H23N3O8. The van der Waals surface area contributed by atoms with Crippen molar-refractivity contribution < 1.29 is 30.0 Å². The number of H-pyrrole nitrogens is 1. The summed E-state index contributed by atoms with van der Waals surface area (Å²) in [4.78, 5) is 37.1. The molecule has 11 nitrogen and oxygen atoms in total. The normalized spacial score (nSPS) is 24.5. The Morgan fingerprint density at radius 3 is 2.53 bits per heavy atom. The molecule has 0 radical (unpaired) electrons. The third-order valence-electron chi connectivity index (χ3n) is 4.89. The lowest BCUT2D eigenvalue weighted by atomic mass is 10.0. The van der Waals surface area contributed by atoms with Gasteiger partial charge in [0.05, 0.1) is 6.10 Å². The van der Waals surface area contributed by atoms with Crippen LogP contribution in [0.3, 0.4) is 0 Å². The van der Waals surface area contributed by atoms with Crippen LogP contribution in [0.15, 0.2) is 46.1 Å². The van der Waals surface area contributed by atoms with Crippen molar-refractivity contribution in [3.05, 3.63) is 62.9 Å². The van der Waals surface area contributed by atoms with E-state index in [1.807, 2.05) is 4.98 Å². The Bertz CT molecular complexity index is 986. The first-order valence-electron chi connectivity index (χ1n) is 9.33. The average molecular weight is 421 g/mol. The molecule has 0 aliphatic carbocycles. The second-order valence-electron chi connectivity index (χ2n) is 7.01. The van der Waals surface area contributed by atoms with Gasteiger partial charge in [-0.2, -0.15) is 0 Å². The summed E-state index contributed by atoms with van der Waals surface area (Å²) in [5.41, 5.74) is -0.846. The lowest BCUT2D eigenvalue weighted by Crippen LogP contribution is -2.40. The van der Waals surface area contributed by atoms with Gasteiger partial charge in [0.25, 0.3) is 5.56 Å². The molecule has 1 fully saturated rings. The number of rotatable bonds is 7. The summed E-state index contributed by atoms with van der Waals surface area (Å²) < 4.78 is 6.45. The van der Waals surface area contributed by atoms with Crippen LogP contribution in [0.5, 0.6) is 5.75 Å². The average Bonchev–Trinajstić information content (AvgIpc) is 2.99. The number of phenols is 1. The van der Waals surface area contributed by atoms with Crippen LogP contribution in [-0.4, -0.2) is 60.7 Å². The van der Waals surface area contributed by atoms with Gasteiger partial charge in [-0.1, -0.05) is 12.1 Å². The predicted molar refractivity (Wildman–Crippen MR) is 103 cm³/mol. The summed E-state index contributed by atoms with van der Waals surface area (Å²) >= 11 is 0. The molecule has 5 atom stereocenters. The number of nitrogens with zero attached hydrogens (tertiary/aromatic N) is 1. The van der Waals surface area contributed by atoms with Crippen LogP contribution in [0.4, 0.5) is 0 Å². The highest BCUT2D eigenvalue weighted by molar-refractivity contribution is 5.75. The molecule has 1 saturated heterocycles. The summed E-state index contributed by atoms with van der Waals surface area (Å²) in [7, 11) is 0.